The summed E-state index contributed by atoms with van der Waals surface area (Å²) >= 11 is 0. The molecule has 33 heavy (non-hydrogen) atoms. The Balaban J connectivity index is 1.54. The lowest BCUT2D eigenvalue weighted by Gasteiger charge is -2.34. The van der Waals surface area contributed by atoms with Crippen molar-refractivity contribution >= 4 is 11.4 Å². The topological polar surface area (TPSA) is 62.3 Å². The van der Waals surface area contributed by atoms with Crippen LogP contribution in [0.5, 0.6) is 11.8 Å². The molecule has 1 aromatic heterocycles. The molecule has 2 aromatic carbocycles. The summed E-state index contributed by atoms with van der Waals surface area (Å²) in [4.78, 5) is 11.5. The maximum Gasteiger partial charge on any atom is 0.322 e. The molecule has 3 heterocycles. The first-order valence-electron chi connectivity index (χ1n) is 11.4. The molecule has 3 aromatic rings. The number of aromatic nitrogens is 2. The van der Waals surface area contributed by atoms with E-state index < -0.39 is 0 Å². The fourth-order valence-corrected chi connectivity index (χ4v) is 4.57. The number of hydrogen-bond acceptors (Lipinski definition) is 6. The van der Waals surface area contributed by atoms with Gasteiger partial charge in [-0.25, -0.2) is 9.37 Å². The summed E-state index contributed by atoms with van der Waals surface area (Å²) in [5.74, 6) is 0.491. The van der Waals surface area contributed by atoms with Crippen molar-refractivity contribution in [2.45, 2.75) is 32.7 Å². The van der Waals surface area contributed by atoms with Crippen LogP contribution in [0.25, 0.3) is 11.4 Å². The molecule has 0 saturated carbocycles. The van der Waals surface area contributed by atoms with E-state index in [1.165, 1.54) is 17.7 Å². The van der Waals surface area contributed by atoms with Crippen LogP contribution in [0.1, 0.15) is 35.2 Å². The van der Waals surface area contributed by atoms with Gasteiger partial charge in [0, 0.05) is 17.8 Å². The second-order valence-electron chi connectivity index (χ2n) is 8.61. The average molecular weight is 446 g/mol. The Bertz CT molecular complexity index is 1170. The monoisotopic (exact) mass is 445 g/mol. The summed E-state index contributed by atoms with van der Waals surface area (Å²) in [6.07, 6.45) is 3.84. The van der Waals surface area contributed by atoms with Crippen LogP contribution in [0.3, 0.4) is 0 Å². The first-order chi connectivity index (χ1) is 16.1. The van der Waals surface area contributed by atoms with Crippen molar-refractivity contribution in [2.24, 2.45) is 0 Å². The molecule has 1 fully saturated rings. The highest BCUT2D eigenvalue weighted by molar-refractivity contribution is 5.90. The van der Waals surface area contributed by atoms with Crippen LogP contribution in [0.4, 0.5) is 4.39 Å². The van der Waals surface area contributed by atoms with E-state index in [1.54, 1.807) is 18.3 Å². The molecule has 2 aliphatic rings. The third-order valence-corrected chi connectivity index (χ3v) is 6.24. The van der Waals surface area contributed by atoms with Gasteiger partial charge in [-0.1, -0.05) is 17.7 Å². The van der Waals surface area contributed by atoms with E-state index in [2.05, 4.69) is 33.5 Å². The zero-order valence-corrected chi connectivity index (χ0v) is 18.9. The van der Waals surface area contributed by atoms with Crippen molar-refractivity contribution in [3.63, 3.8) is 0 Å². The lowest BCUT2D eigenvalue weighted by Crippen LogP contribution is -2.42. The van der Waals surface area contributed by atoms with Gasteiger partial charge in [0.1, 0.15) is 11.6 Å². The molecule has 0 bridgehead atoms. The van der Waals surface area contributed by atoms with Gasteiger partial charge in [0.15, 0.2) is 0 Å². The van der Waals surface area contributed by atoms with E-state index in [-0.39, 0.29) is 5.82 Å². The minimum Gasteiger partial charge on any atom is -0.424 e. The molecule has 6 nitrogen and oxygen atoms in total. The molecule has 0 unspecified atom stereocenters. The summed E-state index contributed by atoms with van der Waals surface area (Å²) in [5, 5.41) is 6.97. The van der Waals surface area contributed by atoms with E-state index in [0.29, 0.717) is 18.7 Å². The van der Waals surface area contributed by atoms with Gasteiger partial charge in [0.25, 0.3) is 0 Å². The summed E-state index contributed by atoms with van der Waals surface area (Å²) in [6.45, 7) is 6.74. The van der Waals surface area contributed by atoms with Gasteiger partial charge in [-0.2, -0.15) is 4.98 Å². The van der Waals surface area contributed by atoms with Gasteiger partial charge in [-0.05, 0) is 81.7 Å². The Hall–Kier alpha value is -3.45. The number of nitrogens with one attached hydrogen (secondary N) is 2. The smallest absolute Gasteiger partial charge is 0.322 e. The molecule has 0 spiro atoms. The SMILES string of the molecule is Cc1ccc(Oc2nccc(C3=C(c4ccc(F)cc4)NCN3C3CCNCC3)n2)c(C)c1. The Labute approximate surface area is 193 Å². The van der Waals surface area contributed by atoms with Crippen molar-refractivity contribution in [3.05, 3.63) is 82.9 Å². The third kappa shape index (κ3) is 4.54. The molecule has 2 aliphatic heterocycles. The molecule has 7 heteroatoms. The minimum atomic E-state index is -0.250. The van der Waals surface area contributed by atoms with Gasteiger partial charge in [-0.15, -0.1) is 0 Å². The quantitative estimate of drug-likeness (QED) is 0.605. The predicted molar refractivity (Wildman–Crippen MR) is 127 cm³/mol. The second kappa shape index (κ2) is 9.19. The molecule has 0 amide bonds. The van der Waals surface area contributed by atoms with Crippen molar-refractivity contribution in [2.75, 3.05) is 19.8 Å². The van der Waals surface area contributed by atoms with Crippen LogP contribution < -0.4 is 15.4 Å². The first kappa shape index (κ1) is 21.4. The normalized spacial score (nSPS) is 16.8. The zero-order chi connectivity index (χ0) is 22.8. The highest BCUT2D eigenvalue weighted by Gasteiger charge is 2.32. The summed E-state index contributed by atoms with van der Waals surface area (Å²) < 4.78 is 19.6. The Morgan fingerprint density at radius 1 is 1.03 bits per heavy atom. The molecule has 2 N–H and O–H groups in total. The first-order valence-corrected chi connectivity index (χ1v) is 11.4. The lowest BCUT2D eigenvalue weighted by atomic mass is 10.0. The lowest BCUT2D eigenvalue weighted by molar-refractivity contribution is 0.245. The number of piperidine rings is 1. The molecule has 0 radical (unpaired) electrons. The zero-order valence-electron chi connectivity index (χ0n) is 18.9. The van der Waals surface area contributed by atoms with Gasteiger partial charge in [-0.3, -0.25) is 0 Å². The number of nitrogens with zero attached hydrogens (tertiary/aromatic N) is 3. The molecule has 0 atom stereocenters. The Kier molecular flexibility index (Phi) is 5.96. The van der Waals surface area contributed by atoms with E-state index >= 15 is 0 Å². The molecule has 0 aliphatic carbocycles. The van der Waals surface area contributed by atoms with Crippen LogP contribution in [0.15, 0.2) is 54.7 Å². The van der Waals surface area contributed by atoms with Crippen molar-refractivity contribution in [1.29, 1.82) is 0 Å². The van der Waals surface area contributed by atoms with Crippen molar-refractivity contribution in [3.8, 4) is 11.8 Å². The Morgan fingerprint density at radius 2 is 1.82 bits per heavy atom. The summed E-state index contributed by atoms with van der Waals surface area (Å²) in [5.41, 5.74) is 5.88. The van der Waals surface area contributed by atoms with Crippen LogP contribution in [-0.2, 0) is 0 Å². The highest BCUT2D eigenvalue weighted by atomic mass is 19.1. The van der Waals surface area contributed by atoms with Gasteiger partial charge in [0.05, 0.1) is 23.8 Å². The second-order valence-corrected chi connectivity index (χ2v) is 8.61. The largest absolute Gasteiger partial charge is 0.424 e. The summed E-state index contributed by atoms with van der Waals surface area (Å²) in [6, 6.07) is 15.2. The minimum absolute atomic E-state index is 0.250. The molecule has 5 rings (SSSR count). The number of benzene rings is 2. The van der Waals surface area contributed by atoms with Crippen LogP contribution in [0.2, 0.25) is 0 Å². The molecular weight excluding hydrogens is 417 g/mol. The van der Waals surface area contributed by atoms with E-state index in [1.807, 2.05) is 25.1 Å². The van der Waals surface area contributed by atoms with Gasteiger partial charge < -0.3 is 20.3 Å². The van der Waals surface area contributed by atoms with E-state index in [9.17, 15) is 4.39 Å². The summed E-state index contributed by atoms with van der Waals surface area (Å²) in [7, 11) is 0. The fourth-order valence-electron chi connectivity index (χ4n) is 4.57. The van der Waals surface area contributed by atoms with Gasteiger partial charge in [0.2, 0.25) is 0 Å². The number of aryl methyl sites for hydroxylation is 2. The number of rotatable bonds is 5. The van der Waals surface area contributed by atoms with Gasteiger partial charge >= 0.3 is 6.01 Å². The fraction of sp³-hybridized carbons (Fsp3) is 0.308. The number of halogens is 1. The third-order valence-electron chi connectivity index (χ3n) is 6.24. The highest BCUT2D eigenvalue weighted by Crippen LogP contribution is 2.35. The molecule has 1 saturated heterocycles. The van der Waals surface area contributed by atoms with E-state index in [0.717, 1.165) is 59.9 Å². The Morgan fingerprint density at radius 3 is 2.58 bits per heavy atom. The van der Waals surface area contributed by atoms with Crippen LogP contribution >= 0.6 is 0 Å². The number of ether oxygens (including phenoxy) is 1. The number of hydrogen-bond donors (Lipinski definition) is 2. The molecule has 170 valence electrons. The van der Waals surface area contributed by atoms with Crippen molar-refractivity contribution < 1.29 is 9.13 Å². The maximum atomic E-state index is 13.6. The van der Waals surface area contributed by atoms with Crippen LogP contribution in [-0.4, -0.2) is 40.7 Å². The average Bonchev–Trinajstić information content (AvgIpc) is 3.27. The molecular formula is C26H28FN5O. The maximum absolute atomic E-state index is 13.6. The van der Waals surface area contributed by atoms with E-state index in [4.69, 9.17) is 9.72 Å². The predicted octanol–water partition coefficient (Wildman–Crippen LogP) is 4.47. The van der Waals surface area contributed by atoms with Crippen molar-refractivity contribution in [1.82, 2.24) is 25.5 Å². The standard InChI is InChI=1S/C26H28FN5O/c1-17-3-8-23(18(2)15-17)33-26-29-14-11-22(31-26)25-24(19-4-6-20(27)7-5-19)30-16-32(25)21-9-12-28-13-10-21/h3-8,11,14-15,21,28,30H,9-10,12-13,16H2,1-2H3. The van der Waals surface area contributed by atoms with Crippen LogP contribution in [0, 0.1) is 19.7 Å².